The van der Waals surface area contributed by atoms with Crippen LogP contribution in [0.25, 0.3) is 0 Å². The van der Waals surface area contributed by atoms with Gasteiger partial charge >= 0.3 is 0 Å². The van der Waals surface area contributed by atoms with Crippen LogP contribution in [0.2, 0.25) is 0 Å². The van der Waals surface area contributed by atoms with Gasteiger partial charge in [0.15, 0.2) is 0 Å². The number of carbonyl (C=O) groups is 1. The summed E-state index contributed by atoms with van der Waals surface area (Å²) in [5.41, 5.74) is 0.101. The van der Waals surface area contributed by atoms with Crippen molar-refractivity contribution >= 4 is 17.7 Å². The Kier molecular flexibility index (Phi) is 2.25. The first-order valence-electron chi connectivity index (χ1n) is 8.14. The topological polar surface area (TPSA) is 20.3 Å². The Balaban J connectivity index is 1.44. The van der Waals surface area contributed by atoms with Gasteiger partial charge in [0.05, 0.1) is 5.41 Å². The van der Waals surface area contributed by atoms with Gasteiger partial charge in [-0.05, 0) is 62.7 Å². The van der Waals surface area contributed by atoms with Crippen molar-refractivity contribution < 1.29 is 4.79 Å². The summed E-state index contributed by atoms with van der Waals surface area (Å²) >= 11 is 2.10. The maximum absolute atomic E-state index is 13.2. The van der Waals surface area contributed by atoms with Crippen molar-refractivity contribution in [2.24, 2.45) is 23.2 Å². The molecule has 0 aromatic carbocycles. The van der Waals surface area contributed by atoms with Crippen LogP contribution in [-0.4, -0.2) is 34.4 Å². The minimum atomic E-state index is 0.101. The minimum Gasteiger partial charge on any atom is -0.337 e. The third-order valence-corrected chi connectivity index (χ3v) is 8.04. The molecule has 0 aromatic rings. The van der Waals surface area contributed by atoms with E-state index in [2.05, 4.69) is 16.7 Å². The van der Waals surface area contributed by atoms with E-state index in [0.29, 0.717) is 11.9 Å². The highest BCUT2D eigenvalue weighted by Crippen LogP contribution is 2.61. The fourth-order valence-corrected chi connectivity index (χ4v) is 7.76. The molecule has 2 unspecified atom stereocenters. The summed E-state index contributed by atoms with van der Waals surface area (Å²) in [6, 6.07) is 0.593. The monoisotopic (exact) mass is 277 g/mol. The molecule has 0 spiro atoms. The van der Waals surface area contributed by atoms with Gasteiger partial charge in [0, 0.05) is 23.6 Å². The quantitative estimate of drug-likeness (QED) is 0.734. The average Bonchev–Trinajstić information content (AvgIpc) is 2.98. The largest absolute Gasteiger partial charge is 0.337 e. The fraction of sp³-hybridized carbons (Fsp3) is 0.938. The highest BCUT2D eigenvalue weighted by molar-refractivity contribution is 8.00. The smallest absolute Gasteiger partial charge is 0.229 e. The van der Waals surface area contributed by atoms with Crippen molar-refractivity contribution in [1.29, 1.82) is 0 Å². The Morgan fingerprint density at radius 1 is 1.00 bits per heavy atom. The second kappa shape index (κ2) is 3.72. The summed E-state index contributed by atoms with van der Waals surface area (Å²) in [4.78, 5) is 15.5. The molecule has 4 saturated carbocycles. The predicted molar refractivity (Wildman–Crippen MR) is 77.0 cm³/mol. The first kappa shape index (κ1) is 11.5. The van der Waals surface area contributed by atoms with Crippen molar-refractivity contribution in [2.45, 2.75) is 56.2 Å². The maximum atomic E-state index is 13.2. The Morgan fingerprint density at radius 2 is 1.63 bits per heavy atom. The normalized spacial score (nSPS) is 54.1. The molecule has 2 saturated heterocycles. The Bertz CT molecular complexity index is 399. The summed E-state index contributed by atoms with van der Waals surface area (Å²) in [6.07, 6.45) is 9.30. The Morgan fingerprint density at radius 3 is 2.11 bits per heavy atom. The predicted octanol–water partition coefficient (Wildman–Crippen LogP) is 2.92. The molecule has 2 heterocycles. The first-order chi connectivity index (χ1) is 9.22. The molecule has 2 nitrogen and oxygen atoms in total. The number of hydrogen-bond donors (Lipinski definition) is 0. The van der Waals surface area contributed by atoms with Crippen LogP contribution in [0.15, 0.2) is 0 Å². The van der Waals surface area contributed by atoms with Gasteiger partial charge < -0.3 is 4.90 Å². The standard InChI is InChI=1S/C16H23NOS/c18-15(17-8-14-4-13(17)9-19-14)16-5-10-1-11(6-16)3-12(2-10)7-16/h10-14H,1-9H2. The molecule has 19 heavy (non-hydrogen) atoms. The van der Waals surface area contributed by atoms with Crippen molar-refractivity contribution in [3.63, 3.8) is 0 Å². The van der Waals surface area contributed by atoms with E-state index < -0.39 is 0 Å². The number of carbonyl (C=O) groups excluding carboxylic acids is 1. The zero-order valence-corrected chi connectivity index (χ0v) is 12.3. The number of rotatable bonds is 1. The SMILES string of the molecule is O=C(N1CC2CC1CS2)C12CC3CC(CC(C3)C1)C2. The van der Waals surface area contributed by atoms with Crippen LogP contribution in [0.1, 0.15) is 44.9 Å². The molecule has 0 aromatic heterocycles. The molecule has 6 bridgehead atoms. The maximum Gasteiger partial charge on any atom is 0.229 e. The molecule has 6 fully saturated rings. The molecule has 0 radical (unpaired) electrons. The second-order valence-electron chi connectivity index (χ2n) is 8.00. The summed E-state index contributed by atoms with van der Waals surface area (Å²) in [6.45, 7) is 1.07. The third-order valence-electron chi connectivity index (χ3n) is 6.65. The van der Waals surface area contributed by atoms with Crippen molar-refractivity contribution in [3.8, 4) is 0 Å². The summed E-state index contributed by atoms with van der Waals surface area (Å²) in [5, 5.41) is 0.767. The summed E-state index contributed by atoms with van der Waals surface area (Å²) < 4.78 is 0. The van der Waals surface area contributed by atoms with E-state index in [9.17, 15) is 4.79 Å². The molecular weight excluding hydrogens is 254 g/mol. The van der Waals surface area contributed by atoms with E-state index >= 15 is 0 Å². The molecule has 2 atom stereocenters. The Hall–Kier alpha value is -0.180. The van der Waals surface area contributed by atoms with Gasteiger partial charge in [-0.25, -0.2) is 0 Å². The lowest BCUT2D eigenvalue weighted by atomic mass is 9.49. The van der Waals surface area contributed by atoms with Gasteiger partial charge in [-0.3, -0.25) is 4.79 Å². The average molecular weight is 277 g/mol. The molecular formula is C16H23NOS. The zero-order valence-electron chi connectivity index (χ0n) is 11.5. The van der Waals surface area contributed by atoms with E-state index in [1.54, 1.807) is 0 Å². The number of fused-ring (bicyclic) bond motifs is 2. The number of amides is 1. The van der Waals surface area contributed by atoms with Crippen LogP contribution in [0.4, 0.5) is 0 Å². The van der Waals surface area contributed by atoms with Crippen LogP contribution in [0.3, 0.4) is 0 Å². The molecule has 2 aliphatic heterocycles. The van der Waals surface area contributed by atoms with Crippen molar-refractivity contribution in [3.05, 3.63) is 0 Å². The van der Waals surface area contributed by atoms with Crippen LogP contribution in [0, 0.1) is 23.2 Å². The third kappa shape index (κ3) is 1.54. The van der Waals surface area contributed by atoms with Crippen LogP contribution < -0.4 is 0 Å². The van der Waals surface area contributed by atoms with E-state index in [-0.39, 0.29) is 5.41 Å². The molecule has 6 rings (SSSR count). The number of thioether (sulfide) groups is 1. The van der Waals surface area contributed by atoms with Crippen molar-refractivity contribution in [1.82, 2.24) is 4.90 Å². The lowest BCUT2D eigenvalue weighted by Gasteiger charge is -2.56. The van der Waals surface area contributed by atoms with Crippen molar-refractivity contribution in [2.75, 3.05) is 12.3 Å². The molecule has 4 aliphatic carbocycles. The number of hydrogen-bond acceptors (Lipinski definition) is 2. The minimum absolute atomic E-state index is 0.101. The van der Waals surface area contributed by atoms with Gasteiger partial charge in [-0.1, -0.05) is 0 Å². The zero-order chi connectivity index (χ0) is 12.6. The summed E-state index contributed by atoms with van der Waals surface area (Å²) in [7, 11) is 0. The summed E-state index contributed by atoms with van der Waals surface area (Å²) in [5.74, 6) is 4.47. The first-order valence-corrected chi connectivity index (χ1v) is 9.19. The van der Waals surface area contributed by atoms with Gasteiger partial charge in [0.2, 0.25) is 5.91 Å². The van der Waals surface area contributed by atoms with Gasteiger partial charge in [0.25, 0.3) is 0 Å². The molecule has 1 amide bonds. The van der Waals surface area contributed by atoms with E-state index in [4.69, 9.17) is 0 Å². The van der Waals surface area contributed by atoms with Crippen LogP contribution in [0.5, 0.6) is 0 Å². The Labute approximate surface area is 119 Å². The lowest BCUT2D eigenvalue weighted by Crippen LogP contribution is -2.56. The highest BCUT2D eigenvalue weighted by atomic mass is 32.2. The highest BCUT2D eigenvalue weighted by Gasteiger charge is 2.57. The lowest BCUT2D eigenvalue weighted by molar-refractivity contribution is -0.158. The van der Waals surface area contributed by atoms with E-state index in [0.717, 1.165) is 29.5 Å². The van der Waals surface area contributed by atoms with Crippen LogP contribution >= 0.6 is 11.8 Å². The fourth-order valence-electron chi connectivity index (χ4n) is 6.33. The van der Waals surface area contributed by atoms with Gasteiger partial charge in [-0.2, -0.15) is 11.8 Å². The van der Waals surface area contributed by atoms with Crippen LogP contribution in [-0.2, 0) is 4.79 Å². The molecule has 104 valence electrons. The van der Waals surface area contributed by atoms with E-state index in [1.165, 1.54) is 50.7 Å². The molecule has 0 N–H and O–H groups in total. The molecule has 3 heteroatoms. The van der Waals surface area contributed by atoms with Gasteiger partial charge in [0.1, 0.15) is 0 Å². The van der Waals surface area contributed by atoms with Gasteiger partial charge in [-0.15, -0.1) is 0 Å². The number of likely N-dealkylation sites (tertiary alicyclic amines) is 1. The number of nitrogens with zero attached hydrogens (tertiary/aromatic N) is 1. The second-order valence-corrected chi connectivity index (χ2v) is 9.33. The van der Waals surface area contributed by atoms with E-state index in [1.807, 2.05) is 0 Å². The molecule has 6 aliphatic rings.